The Morgan fingerprint density at radius 2 is 2.29 bits per heavy atom. The minimum absolute atomic E-state index is 0.0398. The number of hydrogen-bond donors (Lipinski definition) is 3. The number of carbonyl (C=O) groups excluding carboxylic acids is 1. The lowest BCUT2D eigenvalue weighted by molar-refractivity contribution is -0.117. The number of hydrogen-bond acceptors (Lipinski definition) is 4. The van der Waals surface area contributed by atoms with Crippen molar-refractivity contribution >= 4 is 17.6 Å². The molecule has 17 heavy (non-hydrogen) atoms. The summed E-state index contributed by atoms with van der Waals surface area (Å²) in [5.74, 6) is -1.19. The summed E-state index contributed by atoms with van der Waals surface area (Å²) in [5, 5.41) is 14.4. The number of nitrogens with zero attached hydrogens (tertiary/aromatic N) is 1. The van der Waals surface area contributed by atoms with Gasteiger partial charge in [0.15, 0.2) is 0 Å². The first-order valence-electron chi connectivity index (χ1n) is 5.40. The molecule has 6 nitrogen and oxygen atoms in total. The minimum atomic E-state index is -1.08. The Balaban J connectivity index is 1.98. The molecule has 1 aromatic heterocycles. The maximum atomic E-state index is 11.7. The molecule has 1 fully saturated rings. The van der Waals surface area contributed by atoms with Gasteiger partial charge in [0.05, 0.1) is 17.9 Å². The van der Waals surface area contributed by atoms with E-state index >= 15 is 0 Å². The molecular weight excluding hydrogens is 222 g/mol. The molecule has 1 saturated heterocycles. The largest absolute Gasteiger partial charge is 0.477 e. The van der Waals surface area contributed by atoms with Crippen LogP contribution >= 0.6 is 0 Å². The first kappa shape index (κ1) is 11.5. The number of carboxylic acid groups (broad SMARTS) is 1. The van der Waals surface area contributed by atoms with Crippen LogP contribution in [0.4, 0.5) is 5.69 Å². The average Bonchev–Trinajstić information content (AvgIpc) is 2.83. The standard InChI is InChI=1S/C11H13N3O3/c15-10(8-2-1-5-12-8)14-7-3-4-9(11(16)17)13-6-7/h3-4,6,8,12H,1-2,5H2,(H,14,15)(H,16,17)/t8-/m1/s1. The molecule has 2 rings (SSSR count). The van der Waals surface area contributed by atoms with Crippen LogP contribution in [0.2, 0.25) is 0 Å². The summed E-state index contributed by atoms with van der Waals surface area (Å²) in [6.07, 6.45) is 3.16. The first-order valence-corrected chi connectivity index (χ1v) is 5.40. The number of anilines is 1. The van der Waals surface area contributed by atoms with Gasteiger partial charge in [-0.15, -0.1) is 0 Å². The summed E-state index contributed by atoms with van der Waals surface area (Å²) >= 11 is 0. The second-order valence-corrected chi connectivity index (χ2v) is 3.88. The van der Waals surface area contributed by atoms with Gasteiger partial charge in [0.25, 0.3) is 0 Å². The third kappa shape index (κ3) is 2.79. The lowest BCUT2D eigenvalue weighted by atomic mass is 10.2. The summed E-state index contributed by atoms with van der Waals surface area (Å²) in [4.78, 5) is 26.0. The predicted molar refractivity (Wildman–Crippen MR) is 60.9 cm³/mol. The van der Waals surface area contributed by atoms with Gasteiger partial charge in [0, 0.05) is 0 Å². The van der Waals surface area contributed by atoms with Crippen molar-refractivity contribution in [2.75, 3.05) is 11.9 Å². The van der Waals surface area contributed by atoms with E-state index in [-0.39, 0.29) is 17.6 Å². The first-order chi connectivity index (χ1) is 8.16. The van der Waals surface area contributed by atoms with E-state index in [4.69, 9.17) is 5.11 Å². The second kappa shape index (κ2) is 4.92. The zero-order chi connectivity index (χ0) is 12.3. The van der Waals surface area contributed by atoms with Gasteiger partial charge in [0.1, 0.15) is 5.69 Å². The van der Waals surface area contributed by atoms with E-state index in [1.807, 2.05) is 0 Å². The molecule has 1 atom stereocenters. The summed E-state index contributed by atoms with van der Waals surface area (Å²) in [5.41, 5.74) is 0.468. The van der Waals surface area contributed by atoms with Crippen molar-refractivity contribution < 1.29 is 14.7 Å². The quantitative estimate of drug-likeness (QED) is 0.708. The van der Waals surface area contributed by atoms with Gasteiger partial charge in [-0.25, -0.2) is 9.78 Å². The number of carbonyl (C=O) groups is 2. The number of rotatable bonds is 3. The van der Waals surface area contributed by atoms with Crippen LogP contribution in [0.3, 0.4) is 0 Å². The SMILES string of the molecule is O=C(O)c1ccc(NC(=O)[C@H]2CCCN2)cn1. The third-order valence-corrected chi connectivity index (χ3v) is 2.63. The number of aromatic carboxylic acids is 1. The highest BCUT2D eigenvalue weighted by molar-refractivity contribution is 5.95. The van der Waals surface area contributed by atoms with E-state index in [0.29, 0.717) is 5.69 Å². The molecule has 0 unspecified atom stereocenters. The zero-order valence-corrected chi connectivity index (χ0v) is 9.14. The Labute approximate surface area is 98.1 Å². The molecule has 6 heteroatoms. The fourth-order valence-electron chi connectivity index (χ4n) is 1.73. The molecule has 0 spiro atoms. The number of pyridine rings is 1. The fraction of sp³-hybridized carbons (Fsp3) is 0.364. The molecule has 90 valence electrons. The number of amides is 1. The van der Waals surface area contributed by atoms with Crippen molar-refractivity contribution in [3.05, 3.63) is 24.0 Å². The van der Waals surface area contributed by atoms with E-state index in [1.54, 1.807) is 0 Å². The number of carboxylic acids is 1. The molecule has 0 saturated carbocycles. The molecule has 2 heterocycles. The molecule has 0 aromatic carbocycles. The molecule has 1 amide bonds. The molecule has 1 aromatic rings. The summed E-state index contributed by atoms with van der Waals surface area (Å²) in [7, 11) is 0. The van der Waals surface area contributed by atoms with Crippen LogP contribution in [0.1, 0.15) is 23.3 Å². The zero-order valence-electron chi connectivity index (χ0n) is 9.14. The van der Waals surface area contributed by atoms with Gasteiger partial charge in [-0.2, -0.15) is 0 Å². The lowest BCUT2D eigenvalue weighted by Gasteiger charge is -2.10. The van der Waals surface area contributed by atoms with Crippen LogP contribution in [0.5, 0.6) is 0 Å². The Morgan fingerprint density at radius 1 is 1.47 bits per heavy atom. The third-order valence-electron chi connectivity index (χ3n) is 2.63. The van der Waals surface area contributed by atoms with Gasteiger partial charge >= 0.3 is 5.97 Å². The number of nitrogens with one attached hydrogen (secondary N) is 2. The van der Waals surface area contributed by atoms with Gasteiger partial charge in [0.2, 0.25) is 5.91 Å². The maximum absolute atomic E-state index is 11.7. The van der Waals surface area contributed by atoms with Crippen LogP contribution in [0.15, 0.2) is 18.3 Å². The smallest absolute Gasteiger partial charge is 0.354 e. The average molecular weight is 235 g/mol. The van der Waals surface area contributed by atoms with Crippen LogP contribution in [-0.4, -0.2) is 34.6 Å². The molecule has 0 bridgehead atoms. The predicted octanol–water partition coefficient (Wildman–Crippen LogP) is 0.470. The second-order valence-electron chi connectivity index (χ2n) is 3.88. The van der Waals surface area contributed by atoms with Crippen molar-refractivity contribution in [2.45, 2.75) is 18.9 Å². The van der Waals surface area contributed by atoms with Crippen molar-refractivity contribution in [2.24, 2.45) is 0 Å². The Bertz CT molecular complexity index is 424. The molecule has 3 N–H and O–H groups in total. The number of aromatic nitrogens is 1. The lowest BCUT2D eigenvalue weighted by Crippen LogP contribution is -2.35. The molecule has 0 aliphatic carbocycles. The topological polar surface area (TPSA) is 91.3 Å². The summed E-state index contributed by atoms with van der Waals surface area (Å²) < 4.78 is 0. The summed E-state index contributed by atoms with van der Waals surface area (Å²) in [6.45, 7) is 0.855. The van der Waals surface area contributed by atoms with E-state index in [0.717, 1.165) is 19.4 Å². The molecule has 0 radical (unpaired) electrons. The van der Waals surface area contributed by atoms with E-state index in [9.17, 15) is 9.59 Å². The normalized spacial score (nSPS) is 18.9. The Kier molecular flexibility index (Phi) is 3.34. The Morgan fingerprint density at radius 3 is 2.82 bits per heavy atom. The van der Waals surface area contributed by atoms with Gasteiger partial charge in [-0.3, -0.25) is 4.79 Å². The van der Waals surface area contributed by atoms with Crippen molar-refractivity contribution in [3.63, 3.8) is 0 Å². The van der Waals surface area contributed by atoms with E-state index in [2.05, 4.69) is 15.6 Å². The fourth-order valence-corrected chi connectivity index (χ4v) is 1.73. The summed E-state index contributed by atoms with van der Waals surface area (Å²) in [6, 6.07) is 2.73. The van der Waals surface area contributed by atoms with Crippen LogP contribution in [0.25, 0.3) is 0 Å². The van der Waals surface area contributed by atoms with E-state index in [1.165, 1.54) is 18.3 Å². The highest BCUT2D eigenvalue weighted by atomic mass is 16.4. The van der Waals surface area contributed by atoms with Crippen LogP contribution in [0, 0.1) is 0 Å². The van der Waals surface area contributed by atoms with E-state index < -0.39 is 5.97 Å². The molecular formula is C11H13N3O3. The minimum Gasteiger partial charge on any atom is -0.477 e. The monoisotopic (exact) mass is 235 g/mol. The van der Waals surface area contributed by atoms with Crippen molar-refractivity contribution in [1.82, 2.24) is 10.3 Å². The van der Waals surface area contributed by atoms with Crippen LogP contribution < -0.4 is 10.6 Å². The highest BCUT2D eigenvalue weighted by Crippen LogP contribution is 2.10. The van der Waals surface area contributed by atoms with Gasteiger partial charge in [-0.05, 0) is 31.5 Å². The van der Waals surface area contributed by atoms with Crippen molar-refractivity contribution in [3.8, 4) is 0 Å². The Hall–Kier alpha value is -1.95. The molecule has 1 aliphatic heterocycles. The van der Waals surface area contributed by atoms with Crippen LogP contribution in [-0.2, 0) is 4.79 Å². The highest BCUT2D eigenvalue weighted by Gasteiger charge is 2.21. The van der Waals surface area contributed by atoms with Crippen molar-refractivity contribution in [1.29, 1.82) is 0 Å². The van der Waals surface area contributed by atoms with Gasteiger partial charge in [-0.1, -0.05) is 0 Å². The molecule has 1 aliphatic rings. The maximum Gasteiger partial charge on any atom is 0.354 e. The van der Waals surface area contributed by atoms with Gasteiger partial charge < -0.3 is 15.7 Å².